The molecule has 0 saturated heterocycles. The lowest BCUT2D eigenvalue weighted by atomic mass is 10.1. The van der Waals surface area contributed by atoms with Gasteiger partial charge in [-0.05, 0) is 54.1 Å². The van der Waals surface area contributed by atoms with Gasteiger partial charge in [0.15, 0.2) is 0 Å². The van der Waals surface area contributed by atoms with E-state index >= 15 is 0 Å². The largest absolute Gasteiger partial charge is 0.497 e. The zero-order chi connectivity index (χ0) is 20.7. The first-order chi connectivity index (χ1) is 14.0. The fourth-order valence-electron chi connectivity index (χ4n) is 2.57. The first-order valence-electron chi connectivity index (χ1n) is 8.90. The van der Waals surface area contributed by atoms with Gasteiger partial charge in [0, 0.05) is 6.42 Å². The van der Waals surface area contributed by atoms with Crippen LogP contribution in [0.1, 0.15) is 21.7 Å². The third kappa shape index (κ3) is 5.69. The highest BCUT2D eigenvalue weighted by molar-refractivity contribution is 7.89. The van der Waals surface area contributed by atoms with Gasteiger partial charge in [0.1, 0.15) is 11.5 Å². The molecule has 3 aromatic rings. The van der Waals surface area contributed by atoms with E-state index in [0.717, 1.165) is 11.3 Å². The van der Waals surface area contributed by atoms with E-state index in [2.05, 4.69) is 4.72 Å². The van der Waals surface area contributed by atoms with Gasteiger partial charge < -0.3 is 13.9 Å². The average Bonchev–Trinajstić information content (AvgIpc) is 3.27. The number of carbonyl (C=O) groups excluding carboxylic acids is 1. The highest BCUT2D eigenvalue weighted by Gasteiger charge is 2.16. The molecule has 0 aliphatic heterocycles. The second-order valence-corrected chi connectivity index (χ2v) is 7.93. The predicted molar refractivity (Wildman–Crippen MR) is 106 cm³/mol. The van der Waals surface area contributed by atoms with Crippen LogP contribution in [0.25, 0.3) is 0 Å². The predicted octanol–water partition coefficient (Wildman–Crippen LogP) is 3.17. The van der Waals surface area contributed by atoms with E-state index in [1.165, 1.54) is 30.5 Å². The monoisotopic (exact) mass is 415 g/mol. The molecule has 2 aromatic carbocycles. The number of methoxy groups -OCH3 is 1. The quantitative estimate of drug-likeness (QED) is 0.540. The lowest BCUT2D eigenvalue weighted by Crippen LogP contribution is -2.23. The standard InChI is InChI=1S/C21H21NO6S/c1-26-18-8-4-16(5-9-18)12-14-28-21(23)17-6-10-20(11-7-17)29(24,25)22-15-19-3-2-13-27-19/h2-11,13,22H,12,14-15H2,1H3. The molecule has 8 heteroatoms. The van der Waals surface area contributed by atoms with Crippen LogP contribution in [0.2, 0.25) is 0 Å². The zero-order valence-corrected chi connectivity index (χ0v) is 16.6. The first kappa shape index (κ1) is 20.6. The molecule has 1 heterocycles. The van der Waals surface area contributed by atoms with Gasteiger partial charge in [-0.15, -0.1) is 0 Å². The highest BCUT2D eigenvalue weighted by Crippen LogP contribution is 2.14. The van der Waals surface area contributed by atoms with Crippen LogP contribution in [0.5, 0.6) is 5.75 Å². The Bertz CT molecular complexity index is 1030. The van der Waals surface area contributed by atoms with Crippen LogP contribution in [0, 0.1) is 0 Å². The Labute approximate surface area is 169 Å². The molecule has 7 nitrogen and oxygen atoms in total. The number of rotatable bonds is 9. The molecule has 0 atom stereocenters. The van der Waals surface area contributed by atoms with Crippen LogP contribution in [0.4, 0.5) is 0 Å². The Balaban J connectivity index is 1.52. The summed E-state index contributed by atoms with van der Waals surface area (Å²) >= 11 is 0. The molecule has 0 aliphatic carbocycles. The Kier molecular flexibility index (Phi) is 6.69. The van der Waals surface area contributed by atoms with Gasteiger partial charge in [-0.2, -0.15) is 0 Å². The fourth-order valence-corrected chi connectivity index (χ4v) is 3.56. The van der Waals surface area contributed by atoms with Gasteiger partial charge in [-0.3, -0.25) is 0 Å². The van der Waals surface area contributed by atoms with Crippen molar-refractivity contribution in [3.8, 4) is 5.75 Å². The summed E-state index contributed by atoms with van der Waals surface area (Å²) in [5, 5.41) is 0. The Morgan fingerprint density at radius 1 is 1.03 bits per heavy atom. The first-order valence-corrected chi connectivity index (χ1v) is 10.4. The maximum atomic E-state index is 12.3. The van der Waals surface area contributed by atoms with Crippen molar-refractivity contribution < 1.29 is 27.1 Å². The zero-order valence-electron chi connectivity index (χ0n) is 15.8. The van der Waals surface area contributed by atoms with Crippen molar-refractivity contribution in [2.75, 3.05) is 13.7 Å². The minimum Gasteiger partial charge on any atom is -0.497 e. The van der Waals surface area contributed by atoms with Gasteiger partial charge >= 0.3 is 5.97 Å². The minimum absolute atomic E-state index is 0.0461. The van der Waals surface area contributed by atoms with Crippen LogP contribution in [0.3, 0.4) is 0 Å². The van der Waals surface area contributed by atoms with Crippen molar-refractivity contribution in [3.05, 3.63) is 83.8 Å². The van der Waals surface area contributed by atoms with Crippen molar-refractivity contribution in [1.82, 2.24) is 4.72 Å². The van der Waals surface area contributed by atoms with Crippen molar-refractivity contribution in [1.29, 1.82) is 0 Å². The van der Waals surface area contributed by atoms with Crippen molar-refractivity contribution in [2.24, 2.45) is 0 Å². The molecule has 0 spiro atoms. The Hall–Kier alpha value is -3.10. The van der Waals surface area contributed by atoms with Crippen molar-refractivity contribution >= 4 is 16.0 Å². The van der Waals surface area contributed by atoms with Crippen molar-refractivity contribution in [2.45, 2.75) is 17.9 Å². The topological polar surface area (TPSA) is 94.8 Å². The van der Waals surface area contributed by atoms with Gasteiger partial charge in [0.05, 0.1) is 37.0 Å². The normalized spacial score (nSPS) is 11.2. The Morgan fingerprint density at radius 3 is 2.38 bits per heavy atom. The fraction of sp³-hybridized carbons (Fsp3) is 0.190. The highest BCUT2D eigenvalue weighted by atomic mass is 32.2. The van der Waals surface area contributed by atoms with E-state index in [9.17, 15) is 13.2 Å². The average molecular weight is 415 g/mol. The smallest absolute Gasteiger partial charge is 0.338 e. The molecule has 1 N–H and O–H groups in total. The van der Waals surface area contributed by atoms with E-state index in [1.54, 1.807) is 19.2 Å². The minimum atomic E-state index is -3.71. The molecule has 0 saturated carbocycles. The van der Waals surface area contributed by atoms with E-state index < -0.39 is 16.0 Å². The number of carbonyl (C=O) groups is 1. The van der Waals surface area contributed by atoms with Crippen LogP contribution in [-0.2, 0) is 27.7 Å². The SMILES string of the molecule is COc1ccc(CCOC(=O)c2ccc(S(=O)(=O)NCc3ccco3)cc2)cc1. The summed E-state index contributed by atoms with van der Waals surface area (Å²) in [6, 6.07) is 16.4. The molecular formula is C21H21NO6S. The number of sulfonamides is 1. The molecule has 0 bridgehead atoms. The number of ether oxygens (including phenoxy) is 2. The molecule has 29 heavy (non-hydrogen) atoms. The van der Waals surface area contributed by atoms with E-state index in [-0.39, 0.29) is 23.6 Å². The maximum absolute atomic E-state index is 12.3. The molecule has 3 rings (SSSR count). The molecule has 152 valence electrons. The number of hydrogen-bond acceptors (Lipinski definition) is 6. The molecule has 0 amide bonds. The van der Waals surface area contributed by atoms with Crippen LogP contribution in [-0.4, -0.2) is 28.1 Å². The summed E-state index contributed by atoms with van der Waals surface area (Å²) in [4.78, 5) is 12.2. The van der Waals surface area contributed by atoms with Gasteiger partial charge in [-0.25, -0.2) is 17.9 Å². The lowest BCUT2D eigenvalue weighted by molar-refractivity contribution is 0.0509. The number of furan rings is 1. The van der Waals surface area contributed by atoms with Gasteiger partial charge in [-0.1, -0.05) is 12.1 Å². The summed E-state index contributed by atoms with van der Waals surface area (Å²) in [6.07, 6.45) is 2.04. The molecular weight excluding hydrogens is 394 g/mol. The van der Waals surface area contributed by atoms with Crippen LogP contribution in [0.15, 0.2) is 76.2 Å². The lowest BCUT2D eigenvalue weighted by Gasteiger charge is -2.08. The third-order valence-corrected chi connectivity index (χ3v) is 5.62. The number of esters is 1. The summed E-state index contributed by atoms with van der Waals surface area (Å²) < 4.78 is 42.5. The number of benzene rings is 2. The van der Waals surface area contributed by atoms with Crippen LogP contribution < -0.4 is 9.46 Å². The summed E-state index contributed by atoms with van der Waals surface area (Å²) in [7, 11) is -2.11. The molecule has 0 fully saturated rings. The van der Waals surface area contributed by atoms with Crippen molar-refractivity contribution in [3.63, 3.8) is 0 Å². The van der Waals surface area contributed by atoms with E-state index in [0.29, 0.717) is 12.2 Å². The molecule has 0 aliphatic rings. The molecule has 1 aromatic heterocycles. The summed E-state index contributed by atoms with van der Waals surface area (Å²) in [6.45, 7) is 0.264. The van der Waals surface area contributed by atoms with Gasteiger partial charge in [0.25, 0.3) is 0 Å². The third-order valence-electron chi connectivity index (χ3n) is 4.20. The Morgan fingerprint density at radius 2 is 1.76 bits per heavy atom. The van der Waals surface area contributed by atoms with Gasteiger partial charge in [0.2, 0.25) is 10.0 Å². The number of nitrogens with one attached hydrogen (secondary N) is 1. The number of hydrogen-bond donors (Lipinski definition) is 1. The van der Waals surface area contributed by atoms with Crippen LogP contribution >= 0.6 is 0 Å². The summed E-state index contributed by atoms with van der Waals surface area (Å²) in [5.41, 5.74) is 1.30. The molecule has 0 radical (unpaired) electrons. The molecule has 0 unspecified atom stereocenters. The second kappa shape index (κ2) is 9.40. The van der Waals surface area contributed by atoms with E-state index in [1.807, 2.05) is 24.3 Å². The van der Waals surface area contributed by atoms with E-state index in [4.69, 9.17) is 13.9 Å². The second-order valence-electron chi connectivity index (χ2n) is 6.16. The summed E-state index contributed by atoms with van der Waals surface area (Å²) in [5.74, 6) is 0.760. The maximum Gasteiger partial charge on any atom is 0.338 e.